The lowest BCUT2D eigenvalue weighted by Gasteiger charge is -2.08. The molecular weight excluding hydrogens is 322 g/mol. The number of nitrogens with one attached hydrogen (secondary N) is 2. The Morgan fingerprint density at radius 2 is 1.72 bits per heavy atom. The summed E-state index contributed by atoms with van der Waals surface area (Å²) in [5.74, 6) is -0.660. The highest BCUT2D eigenvalue weighted by Crippen LogP contribution is 2.15. The van der Waals surface area contributed by atoms with Gasteiger partial charge in [0.25, 0.3) is 5.91 Å². The topological polar surface area (TPSA) is 126 Å². The highest BCUT2D eigenvalue weighted by molar-refractivity contribution is 6.04. The Bertz CT molecular complexity index is 755. The van der Waals surface area contributed by atoms with Crippen molar-refractivity contribution in [2.24, 2.45) is 5.73 Å². The number of carboxylic acids is 1. The molecule has 2 rings (SSSR count). The zero-order chi connectivity index (χ0) is 18.2. The van der Waals surface area contributed by atoms with Crippen molar-refractivity contribution in [2.45, 2.75) is 12.8 Å². The van der Waals surface area contributed by atoms with E-state index in [-0.39, 0.29) is 24.8 Å². The second-order valence-corrected chi connectivity index (χ2v) is 5.38. The fourth-order valence-corrected chi connectivity index (χ4v) is 2.07. The average molecular weight is 341 g/mol. The Balaban J connectivity index is 1.92. The fourth-order valence-electron chi connectivity index (χ4n) is 2.07. The molecule has 7 heteroatoms. The molecule has 0 atom stereocenters. The summed E-state index contributed by atoms with van der Waals surface area (Å²) in [6.07, 6.45) is 0.523. The summed E-state index contributed by atoms with van der Waals surface area (Å²) >= 11 is 0. The van der Waals surface area contributed by atoms with E-state index in [4.69, 9.17) is 21.0 Å². The average Bonchev–Trinajstić information content (AvgIpc) is 2.59. The standard InChI is InChI=1S/C18H19N3O4/c19-16(20)11-25-15-8-4-13(5-9-15)18(24)21-14-6-1-12(2-7-14)3-10-17(22)23/h1-2,4-9H,3,10-11H2,(H3,19,20)(H,21,24)(H,22,23). The summed E-state index contributed by atoms with van der Waals surface area (Å²) in [5, 5.41) is 18.5. The molecular formula is C18H19N3O4. The SMILES string of the molecule is N=C(N)COc1ccc(C(=O)Nc2ccc(CCC(=O)O)cc2)cc1. The zero-order valence-electron chi connectivity index (χ0n) is 13.5. The van der Waals surface area contributed by atoms with Crippen molar-refractivity contribution in [1.29, 1.82) is 5.41 Å². The van der Waals surface area contributed by atoms with Crippen molar-refractivity contribution in [3.8, 4) is 5.75 Å². The minimum absolute atomic E-state index is 0.000228. The van der Waals surface area contributed by atoms with Crippen LogP contribution in [0.2, 0.25) is 0 Å². The van der Waals surface area contributed by atoms with E-state index in [1.807, 2.05) is 0 Å². The van der Waals surface area contributed by atoms with Gasteiger partial charge in [0.2, 0.25) is 0 Å². The van der Waals surface area contributed by atoms with Crippen LogP contribution in [0.4, 0.5) is 5.69 Å². The summed E-state index contributed by atoms with van der Waals surface area (Å²) in [4.78, 5) is 22.8. The molecule has 25 heavy (non-hydrogen) atoms. The molecule has 2 aromatic carbocycles. The molecule has 0 fully saturated rings. The molecule has 2 aromatic rings. The van der Waals surface area contributed by atoms with E-state index < -0.39 is 5.97 Å². The molecule has 0 bridgehead atoms. The molecule has 1 amide bonds. The van der Waals surface area contributed by atoms with Crippen LogP contribution in [0.1, 0.15) is 22.3 Å². The van der Waals surface area contributed by atoms with Crippen LogP contribution in [0.15, 0.2) is 48.5 Å². The molecule has 0 radical (unpaired) electrons. The van der Waals surface area contributed by atoms with Gasteiger partial charge in [-0.2, -0.15) is 0 Å². The number of amidine groups is 1. The van der Waals surface area contributed by atoms with Gasteiger partial charge >= 0.3 is 5.97 Å². The number of aryl methyl sites for hydroxylation is 1. The van der Waals surface area contributed by atoms with Crippen LogP contribution in [-0.4, -0.2) is 29.4 Å². The van der Waals surface area contributed by atoms with E-state index in [1.165, 1.54) is 0 Å². The maximum atomic E-state index is 12.2. The molecule has 0 aliphatic rings. The minimum atomic E-state index is -0.840. The van der Waals surface area contributed by atoms with E-state index in [0.29, 0.717) is 23.4 Å². The first kappa shape index (κ1) is 18.0. The molecule has 0 saturated carbocycles. The van der Waals surface area contributed by atoms with Crippen molar-refractivity contribution in [2.75, 3.05) is 11.9 Å². The number of carboxylic acid groups (broad SMARTS) is 1. The molecule has 7 nitrogen and oxygen atoms in total. The monoisotopic (exact) mass is 341 g/mol. The van der Waals surface area contributed by atoms with E-state index >= 15 is 0 Å². The second kappa shape index (κ2) is 8.49. The lowest BCUT2D eigenvalue weighted by molar-refractivity contribution is -0.136. The smallest absolute Gasteiger partial charge is 0.303 e. The minimum Gasteiger partial charge on any atom is -0.486 e. The summed E-state index contributed by atoms with van der Waals surface area (Å²) in [6, 6.07) is 13.5. The van der Waals surface area contributed by atoms with Crippen molar-refractivity contribution < 1.29 is 19.4 Å². The Morgan fingerprint density at radius 3 is 2.28 bits per heavy atom. The van der Waals surface area contributed by atoms with Gasteiger partial charge in [-0.3, -0.25) is 15.0 Å². The largest absolute Gasteiger partial charge is 0.486 e. The maximum absolute atomic E-state index is 12.2. The number of benzene rings is 2. The van der Waals surface area contributed by atoms with Gasteiger partial charge in [0.15, 0.2) is 0 Å². The number of anilines is 1. The number of carbonyl (C=O) groups is 2. The maximum Gasteiger partial charge on any atom is 0.303 e. The number of aliphatic carboxylic acids is 1. The normalized spacial score (nSPS) is 10.1. The number of amides is 1. The van der Waals surface area contributed by atoms with Gasteiger partial charge in [0.05, 0.1) is 0 Å². The Labute approximate surface area is 144 Å². The highest BCUT2D eigenvalue weighted by Gasteiger charge is 2.07. The van der Waals surface area contributed by atoms with Gasteiger partial charge in [0, 0.05) is 17.7 Å². The van der Waals surface area contributed by atoms with E-state index in [1.54, 1.807) is 48.5 Å². The fraction of sp³-hybridized carbons (Fsp3) is 0.167. The van der Waals surface area contributed by atoms with Crippen LogP contribution < -0.4 is 15.8 Å². The molecule has 0 aromatic heterocycles. The molecule has 0 spiro atoms. The molecule has 0 unspecified atom stereocenters. The summed E-state index contributed by atoms with van der Waals surface area (Å²) < 4.78 is 5.25. The van der Waals surface area contributed by atoms with E-state index in [2.05, 4.69) is 5.32 Å². The van der Waals surface area contributed by atoms with Crippen molar-refractivity contribution >= 4 is 23.4 Å². The highest BCUT2D eigenvalue weighted by atomic mass is 16.5. The first-order chi connectivity index (χ1) is 11.9. The molecule has 0 heterocycles. The van der Waals surface area contributed by atoms with Gasteiger partial charge < -0.3 is 20.9 Å². The number of hydrogen-bond acceptors (Lipinski definition) is 4. The van der Waals surface area contributed by atoms with Crippen molar-refractivity contribution in [3.05, 3.63) is 59.7 Å². The molecule has 130 valence electrons. The number of ether oxygens (including phenoxy) is 1. The van der Waals surface area contributed by atoms with E-state index in [9.17, 15) is 9.59 Å². The van der Waals surface area contributed by atoms with Crippen LogP contribution in [0.3, 0.4) is 0 Å². The number of hydrogen-bond donors (Lipinski definition) is 4. The van der Waals surface area contributed by atoms with Crippen LogP contribution in [0, 0.1) is 5.41 Å². The molecule has 0 saturated heterocycles. The number of rotatable bonds is 8. The van der Waals surface area contributed by atoms with Crippen LogP contribution in [0.5, 0.6) is 5.75 Å². The third-order valence-electron chi connectivity index (χ3n) is 3.35. The van der Waals surface area contributed by atoms with Gasteiger partial charge in [0.1, 0.15) is 18.2 Å². The van der Waals surface area contributed by atoms with E-state index in [0.717, 1.165) is 5.56 Å². The first-order valence-electron chi connectivity index (χ1n) is 7.62. The Morgan fingerprint density at radius 1 is 1.08 bits per heavy atom. The lowest BCUT2D eigenvalue weighted by atomic mass is 10.1. The lowest BCUT2D eigenvalue weighted by Crippen LogP contribution is -2.19. The van der Waals surface area contributed by atoms with Crippen LogP contribution in [0.25, 0.3) is 0 Å². The molecule has 0 aliphatic heterocycles. The zero-order valence-corrected chi connectivity index (χ0v) is 13.5. The molecule has 0 aliphatic carbocycles. The predicted octanol–water partition coefficient (Wildman–Crippen LogP) is 2.27. The number of carbonyl (C=O) groups excluding carboxylic acids is 1. The van der Waals surface area contributed by atoms with Crippen LogP contribution >= 0.6 is 0 Å². The van der Waals surface area contributed by atoms with Gasteiger partial charge in [-0.1, -0.05) is 12.1 Å². The second-order valence-electron chi connectivity index (χ2n) is 5.38. The van der Waals surface area contributed by atoms with Crippen molar-refractivity contribution in [1.82, 2.24) is 0 Å². The summed E-state index contributed by atoms with van der Waals surface area (Å²) in [5.41, 5.74) is 7.20. The van der Waals surface area contributed by atoms with Crippen LogP contribution in [-0.2, 0) is 11.2 Å². The van der Waals surface area contributed by atoms with Crippen molar-refractivity contribution in [3.63, 3.8) is 0 Å². The van der Waals surface area contributed by atoms with Gasteiger partial charge in [-0.25, -0.2) is 0 Å². The molecule has 5 N–H and O–H groups in total. The Hall–Kier alpha value is -3.35. The quantitative estimate of drug-likeness (QED) is 0.433. The van der Waals surface area contributed by atoms with Gasteiger partial charge in [-0.15, -0.1) is 0 Å². The summed E-state index contributed by atoms with van der Waals surface area (Å²) in [7, 11) is 0. The van der Waals surface area contributed by atoms with Gasteiger partial charge in [-0.05, 0) is 48.4 Å². The predicted molar refractivity (Wildman–Crippen MR) is 94.2 cm³/mol. The Kier molecular flexibility index (Phi) is 6.11. The first-order valence-corrected chi connectivity index (χ1v) is 7.62. The third kappa shape index (κ3) is 5.98. The number of nitrogens with two attached hydrogens (primary N) is 1. The summed E-state index contributed by atoms with van der Waals surface area (Å²) in [6.45, 7) is -0.000228. The third-order valence-corrected chi connectivity index (χ3v) is 3.35.